The zero-order chi connectivity index (χ0) is 20.8. The molecule has 0 spiro atoms. The van der Waals surface area contributed by atoms with Gasteiger partial charge in [-0.15, -0.1) is 0 Å². The van der Waals surface area contributed by atoms with Gasteiger partial charge in [0.1, 0.15) is 5.69 Å². The number of aromatic nitrogens is 6. The van der Waals surface area contributed by atoms with E-state index in [-0.39, 0.29) is 17.6 Å². The van der Waals surface area contributed by atoms with E-state index in [2.05, 4.69) is 30.3 Å². The van der Waals surface area contributed by atoms with Crippen LogP contribution in [0.2, 0.25) is 0 Å². The molecular formula is C18H23F3N8. The highest BCUT2D eigenvalue weighted by Crippen LogP contribution is 2.32. The lowest BCUT2D eigenvalue weighted by molar-refractivity contribution is -0.141. The maximum atomic E-state index is 13.2. The van der Waals surface area contributed by atoms with E-state index in [9.17, 15) is 13.2 Å². The fourth-order valence-electron chi connectivity index (χ4n) is 3.45. The van der Waals surface area contributed by atoms with Crippen LogP contribution in [0.25, 0.3) is 11.2 Å². The average Bonchev–Trinajstić information content (AvgIpc) is 3.33. The van der Waals surface area contributed by atoms with Crippen LogP contribution in [0.15, 0.2) is 12.5 Å². The fraction of sp³-hybridized carbons (Fsp3) is 0.556. The number of fused-ring (bicyclic) bond motifs is 1. The van der Waals surface area contributed by atoms with Gasteiger partial charge in [0.15, 0.2) is 17.0 Å². The second-order valence-electron chi connectivity index (χ2n) is 8.25. The lowest BCUT2D eigenvalue weighted by atomic mass is 10.1. The molecule has 1 aliphatic rings. The van der Waals surface area contributed by atoms with Crippen LogP contribution >= 0.6 is 0 Å². The van der Waals surface area contributed by atoms with Crippen LogP contribution < -0.4 is 10.2 Å². The van der Waals surface area contributed by atoms with Crippen LogP contribution in [-0.4, -0.2) is 48.3 Å². The van der Waals surface area contributed by atoms with E-state index in [1.807, 2.05) is 25.9 Å². The molecule has 0 amide bonds. The summed E-state index contributed by atoms with van der Waals surface area (Å²) in [5, 5.41) is 8.87. The first-order valence-corrected chi connectivity index (χ1v) is 9.47. The van der Waals surface area contributed by atoms with Gasteiger partial charge in [0.05, 0.1) is 19.1 Å². The molecule has 11 heteroatoms. The van der Waals surface area contributed by atoms with Crippen molar-refractivity contribution in [3.8, 4) is 0 Å². The van der Waals surface area contributed by atoms with Gasteiger partial charge in [-0.3, -0.25) is 5.10 Å². The fourth-order valence-corrected chi connectivity index (χ4v) is 3.45. The molecular weight excluding hydrogens is 385 g/mol. The Kier molecular flexibility index (Phi) is 4.62. The summed E-state index contributed by atoms with van der Waals surface area (Å²) in [6, 6.07) is 0. The highest BCUT2D eigenvalue weighted by atomic mass is 19.4. The molecule has 8 nitrogen and oxygen atoms in total. The number of nitrogens with one attached hydrogen (secondary N) is 2. The van der Waals surface area contributed by atoms with E-state index in [1.165, 1.54) is 12.5 Å². The number of anilines is 2. The molecule has 0 aliphatic carbocycles. The summed E-state index contributed by atoms with van der Waals surface area (Å²) in [4.78, 5) is 15.8. The van der Waals surface area contributed by atoms with Crippen molar-refractivity contribution in [1.82, 2.24) is 29.7 Å². The minimum atomic E-state index is -4.50. The lowest BCUT2D eigenvalue weighted by Gasteiger charge is -2.23. The summed E-state index contributed by atoms with van der Waals surface area (Å²) in [5.74, 6) is 1.14. The van der Waals surface area contributed by atoms with Gasteiger partial charge in [0.2, 0.25) is 5.95 Å². The van der Waals surface area contributed by atoms with Crippen LogP contribution in [0.5, 0.6) is 0 Å². The Labute approximate surface area is 165 Å². The molecule has 29 heavy (non-hydrogen) atoms. The largest absolute Gasteiger partial charge is 0.433 e. The molecule has 1 fully saturated rings. The number of aromatic amines is 1. The summed E-state index contributed by atoms with van der Waals surface area (Å²) >= 11 is 0. The third-order valence-corrected chi connectivity index (χ3v) is 4.68. The monoisotopic (exact) mass is 408 g/mol. The highest BCUT2D eigenvalue weighted by Gasteiger charge is 2.35. The molecule has 3 aromatic rings. The third kappa shape index (κ3) is 3.99. The van der Waals surface area contributed by atoms with Gasteiger partial charge in [-0.1, -0.05) is 0 Å². The van der Waals surface area contributed by atoms with Crippen LogP contribution in [0.3, 0.4) is 0 Å². The van der Waals surface area contributed by atoms with Crippen molar-refractivity contribution >= 4 is 22.9 Å². The van der Waals surface area contributed by atoms with Crippen molar-refractivity contribution in [3.05, 3.63) is 23.8 Å². The molecule has 0 radical (unpaired) electrons. The Balaban J connectivity index is 1.79. The second-order valence-corrected chi connectivity index (χ2v) is 8.25. The predicted octanol–water partition coefficient (Wildman–Crippen LogP) is 3.43. The maximum absolute atomic E-state index is 13.2. The van der Waals surface area contributed by atoms with Crippen molar-refractivity contribution in [2.45, 2.75) is 51.9 Å². The number of alkyl halides is 3. The van der Waals surface area contributed by atoms with Crippen LogP contribution in [0.4, 0.5) is 24.9 Å². The molecule has 0 atom stereocenters. The zero-order valence-corrected chi connectivity index (χ0v) is 16.5. The first-order valence-electron chi connectivity index (χ1n) is 9.47. The van der Waals surface area contributed by atoms with E-state index in [0.717, 1.165) is 25.9 Å². The molecule has 3 aromatic heterocycles. The molecule has 0 unspecified atom stereocenters. The molecule has 4 heterocycles. The Morgan fingerprint density at radius 3 is 2.52 bits per heavy atom. The van der Waals surface area contributed by atoms with Gasteiger partial charge in [0, 0.05) is 24.2 Å². The maximum Gasteiger partial charge on any atom is 0.433 e. The van der Waals surface area contributed by atoms with E-state index < -0.39 is 11.9 Å². The number of halogens is 3. The molecule has 0 bridgehead atoms. The zero-order valence-electron chi connectivity index (χ0n) is 16.5. The van der Waals surface area contributed by atoms with E-state index in [4.69, 9.17) is 0 Å². The van der Waals surface area contributed by atoms with Crippen molar-refractivity contribution in [1.29, 1.82) is 0 Å². The summed E-state index contributed by atoms with van der Waals surface area (Å²) < 4.78 is 41.2. The van der Waals surface area contributed by atoms with Gasteiger partial charge in [0.25, 0.3) is 0 Å². The Morgan fingerprint density at radius 1 is 1.14 bits per heavy atom. The van der Waals surface area contributed by atoms with E-state index in [1.54, 1.807) is 4.57 Å². The number of hydrogen-bond acceptors (Lipinski definition) is 6. The number of H-pyrrole nitrogens is 1. The van der Waals surface area contributed by atoms with Crippen LogP contribution in [0.1, 0.15) is 44.9 Å². The molecule has 2 N–H and O–H groups in total. The summed E-state index contributed by atoms with van der Waals surface area (Å²) in [7, 11) is 0. The third-order valence-electron chi connectivity index (χ3n) is 4.68. The van der Waals surface area contributed by atoms with E-state index in [0.29, 0.717) is 22.9 Å². The molecule has 156 valence electrons. The van der Waals surface area contributed by atoms with Gasteiger partial charge < -0.3 is 14.8 Å². The van der Waals surface area contributed by atoms with Crippen molar-refractivity contribution in [2.24, 2.45) is 0 Å². The summed E-state index contributed by atoms with van der Waals surface area (Å²) in [6.45, 7) is 7.67. The molecule has 1 aliphatic heterocycles. The Hall–Kier alpha value is -2.85. The van der Waals surface area contributed by atoms with Crippen molar-refractivity contribution < 1.29 is 13.2 Å². The second kappa shape index (κ2) is 6.89. The number of nitrogens with zero attached hydrogens (tertiary/aromatic N) is 6. The van der Waals surface area contributed by atoms with Crippen LogP contribution in [-0.2, 0) is 12.7 Å². The quantitative estimate of drug-likeness (QED) is 0.688. The minimum Gasteiger partial charge on any atom is -0.355 e. The van der Waals surface area contributed by atoms with Gasteiger partial charge in [-0.2, -0.15) is 28.2 Å². The first-order chi connectivity index (χ1) is 13.6. The topological polar surface area (TPSA) is 87.5 Å². The van der Waals surface area contributed by atoms with Gasteiger partial charge in [-0.05, 0) is 33.6 Å². The van der Waals surface area contributed by atoms with E-state index >= 15 is 0 Å². The molecule has 1 saturated heterocycles. The van der Waals surface area contributed by atoms with Gasteiger partial charge >= 0.3 is 6.18 Å². The summed E-state index contributed by atoms with van der Waals surface area (Å²) in [6.07, 6.45) is 0.325. The molecule has 4 rings (SSSR count). The molecule has 0 saturated carbocycles. The summed E-state index contributed by atoms with van der Waals surface area (Å²) in [5.41, 5.74) is -0.0227. The average molecular weight is 408 g/mol. The predicted molar refractivity (Wildman–Crippen MR) is 103 cm³/mol. The van der Waals surface area contributed by atoms with Crippen molar-refractivity contribution in [2.75, 3.05) is 23.3 Å². The highest BCUT2D eigenvalue weighted by molar-refractivity contribution is 5.85. The number of rotatable bonds is 4. The normalized spacial score (nSPS) is 15.4. The SMILES string of the molecule is CC(C)(C)Nc1nc(N2CCCC2)c2ncn(Cc3cn[nH]c3C(F)(F)F)c2n1. The Morgan fingerprint density at radius 2 is 1.86 bits per heavy atom. The smallest absolute Gasteiger partial charge is 0.355 e. The number of imidazole rings is 1. The lowest BCUT2D eigenvalue weighted by Crippen LogP contribution is -2.28. The Bertz CT molecular complexity index is 1010. The van der Waals surface area contributed by atoms with Crippen molar-refractivity contribution in [3.63, 3.8) is 0 Å². The first kappa shape index (κ1) is 19.5. The van der Waals surface area contributed by atoms with Gasteiger partial charge in [-0.25, -0.2) is 4.98 Å². The standard InChI is InChI=1S/C18H23F3N8/c1-17(2,3)26-16-24-14(28-6-4-5-7-28)12-15(25-16)29(10-22-12)9-11-8-23-27-13(11)18(19,20)21/h8,10H,4-7,9H2,1-3H3,(H,23,27)(H,24,25,26). The van der Waals surface area contributed by atoms with Crippen LogP contribution in [0, 0.1) is 0 Å². The number of hydrogen-bond donors (Lipinski definition) is 2. The minimum absolute atomic E-state index is 0.0310. The molecule has 0 aromatic carbocycles.